The average molecular weight is 578 g/mol. The van der Waals surface area contributed by atoms with Crippen LogP contribution in [0.2, 0.25) is 0 Å². The number of ether oxygens (including phenoxy) is 2. The summed E-state index contributed by atoms with van der Waals surface area (Å²) in [4.78, 5) is 50.3. The summed E-state index contributed by atoms with van der Waals surface area (Å²) in [6.07, 6.45) is -1.56. The molecule has 0 aliphatic carbocycles. The highest BCUT2D eigenvalue weighted by Gasteiger charge is 2.44. The van der Waals surface area contributed by atoms with Crippen LogP contribution in [0.4, 0.5) is 35.5 Å². The Balaban J connectivity index is 1.70. The number of rotatable bonds is 9. The van der Waals surface area contributed by atoms with Crippen molar-refractivity contribution in [3.8, 4) is 11.4 Å². The first-order chi connectivity index (χ1) is 18.4. The summed E-state index contributed by atoms with van der Waals surface area (Å²) < 4.78 is 67.0. The number of nitrogens with two attached hydrogens (primary N) is 1. The van der Waals surface area contributed by atoms with Gasteiger partial charge in [-0.3, -0.25) is 4.52 Å². The van der Waals surface area contributed by atoms with Gasteiger partial charge in [-0.15, -0.1) is 0 Å². The number of hydrogen-bond acceptors (Lipinski definition) is 12. The van der Waals surface area contributed by atoms with Crippen molar-refractivity contribution in [3.63, 3.8) is 0 Å². The SMILES string of the molecule is Nc1cnc(-c2nc(N3CCOCC3)nc(N[C@@]3(COP(=O)(O)O)CCN(C(=O)OCC(F)F)C3)c2F)cn1. The molecular formula is C20H26F3N8O7P. The van der Waals surface area contributed by atoms with Gasteiger partial charge in [0.05, 0.1) is 37.8 Å². The van der Waals surface area contributed by atoms with Crippen molar-refractivity contribution in [3.05, 3.63) is 18.2 Å². The molecule has 2 saturated heterocycles. The molecule has 5 N–H and O–H groups in total. The van der Waals surface area contributed by atoms with E-state index < -0.39 is 44.9 Å². The summed E-state index contributed by atoms with van der Waals surface area (Å²) in [5.41, 5.74) is 3.90. The Morgan fingerprint density at radius 3 is 2.62 bits per heavy atom. The number of likely N-dealkylation sites (tertiary alicyclic amines) is 1. The van der Waals surface area contributed by atoms with Gasteiger partial charge in [-0.05, 0) is 6.42 Å². The fraction of sp³-hybridized carbons (Fsp3) is 0.550. The van der Waals surface area contributed by atoms with Gasteiger partial charge in [-0.25, -0.2) is 37.5 Å². The van der Waals surface area contributed by atoms with Gasteiger partial charge < -0.3 is 40.1 Å². The molecule has 214 valence electrons. The van der Waals surface area contributed by atoms with Crippen LogP contribution in [-0.4, -0.2) is 105 Å². The molecular weight excluding hydrogens is 552 g/mol. The van der Waals surface area contributed by atoms with Gasteiger partial charge >= 0.3 is 13.9 Å². The topological polar surface area (TPSA) is 198 Å². The zero-order chi connectivity index (χ0) is 28.2. The first-order valence-corrected chi connectivity index (χ1v) is 13.1. The van der Waals surface area contributed by atoms with E-state index >= 15 is 4.39 Å². The highest BCUT2D eigenvalue weighted by Crippen LogP contribution is 2.40. The number of morpholine rings is 1. The number of amides is 1. The maximum atomic E-state index is 15.9. The number of halogens is 3. The van der Waals surface area contributed by atoms with Crippen LogP contribution in [-0.2, 0) is 18.6 Å². The van der Waals surface area contributed by atoms with E-state index in [9.17, 15) is 27.9 Å². The summed E-state index contributed by atoms with van der Waals surface area (Å²) in [5, 5.41) is 2.82. The molecule has 39 heavy (non-hydrogen) atoms. The van der Waals surface area contributed by atoms with E-state index in [4.69, 9.17) is 15.0 Å². The minimum Gasteiger partial charge on any atom is -0.443 e. The fourth-order valence-electron chi connectivity index (χ4n) is 4.02. The largest absolute Gasteiger partial charge is 0.469 e. The van der Waals surface area contributed by atoms with Crippen molar-refractivity contribution in [1.82, 2.24) is 24.8 Å². The van der Waals surface area contributed by atoms with Crippen molar-refractivity contribution in [2.45, 2.75) is 18.4 Å². The first kappa shape index (κ1) is 28.7. The third-order valence-corrected chi connectivity index (χ3v) is 6.35. The van der Waals surface area contributed by atoms with Crippen molar-refractivity contribution in [1.29, 1.82) is 0 Å². The molecule has 2 aliphatic rings. The lowest BCUT2D eigenvalue weighted by Crippen LogP contribution is -2.47. The monoisotopic (exact) mass is 578 g/mol. The summed E-state index contributed by atoms with van der Waals surface area (Å²) >= 11 is 0. The molecule has 4 heterocycles. The molecule has 19 heteroatoms. The fourth-order valence-corrected chi connectivity index (χ4v) is 4.44. The van der Waals surface area contributed by atoms with E-state index in [-0.39, 0.29) is 48.5 Å². The van der Waals surface area contributed by atoms with E-state index in [0.29, 0.717) is 26.3 Å². The van der Waals surface area contributed by atoms with Crippen LogP contribution in [0.25, 0.3) is 11.4 Å². The van der Waals surface area contributed by atoms with Gasteiger partial charge in [-0.1, -0.05) is 0 Å². The van der Waals surface area contributed by atoms with Gasteiger partial charge in [0, 0.05) is 26.2 Å². The number of nitrogen functional groups attached to an aromatic ring is 1. The van der Waals surface area contributed by atoms with Crippen LogP contribution >= 0.6 is 7.82 Å². The van der Waals surface area contributed by atoms with Crippen LogP contribution in [0.5, 0.6) is 0 Å². The molecule has 2 aliphatic heterocycles. The number of carbonyl (C=O) groups excluding carboxylic acids is 1. The minimum atomic E-state index is -4.99. The standard InChI is InChI=1S/C20H26F3N8O7P/c21-13(22)9-37-19(32)31-2-1-20(10-31,11-38-39(33,34)35)29-17-15(23)16(12-7-26-14(24)8-25-12)27-18(28-17)30-3-5-36-6-4-30/h7-8,13H,1-6,9-11H2,(H2,24,26)(H,27,28,29)(H2,33,34,35)/t20-/m0/s1. The van der Waals surface area contributed by atoms with Crippen LogP contribution in [0, 0.1) is 5.82 Å². The van der Waals surface area contributed by atoms with Crippen LogP contribution in [0.1, 0.15) is 6.42 Å². The summed E-state index contributed by atoms with van der Waals surface area (Å²) in [6, 6.07) is 0. The Hall–Kier alpha value is -3.31. The number of phosphoric acid groups is 1. The van der Waals surface area contributed by atoms with Crippen molar-refractivity contribution in [2.24, 2.45) is 0 Å². The number of nitrogens with zero attached hydrogens (tertiary/aromatic N) is 6. The molecule has 0 unspecified atom stereocenters. The Labute approximate surface area is 219 Å². The lowest BCUT2D eigenvalue weighted by molar-refractivity contribution is 0.0339. The highest BCUT2D eigenvalue weighted by atomic mass is 31.2. The van der Waals surface area contributed by atoms with E-state index in [1.807, 2.05) is 0 Å². The van der Waals surface area contributed by atoms with Gasteiger partial charge in [0.15, 0.2) is 18.2 Å². The number of anilines is 3. The molecule has 0 spiro atoms. The Kier molecular flexibility index (Phi) is 8.70. The van der Waals surface area contributed by atoms with Crippen molar-refractivity contribution in [2.75, 3.05) is 68.6 Å². The highest BCUT2D eigenvalue weighted by molar-refractivity contribution is 7.46. The molecule has 0 radical (unpaired) electrons. The molecule has 1 atom stereocenters. The average Bonchev–Trinajstić information content (AvgIpc) is 3.32. The molecule has 2 fully saturated rings. The second-order valence-electron chi connectivity index (χ2n) is 8.77. The van der Waals surface area contributed by atoms with E-state index in [1.165, 1.54) is 12.4 Å². The predicted octanol–water partition coefficient (Wildman–Crippen LogP) is 0.859. The quantitative estimate of drug-likeness (QED) is 0.306. The number of hydrogen-bond donors (Lipinski definition) is 4. The second kappa shape index (κ2) is 11.8. The molecule has 2 aromatic rings. The normalized spacial score (nSPS) is 19.9. The number of alkyl halides is 2. The molecule has 2 aromatic heterocycles. The van der Waals surface area contributed by atoms with Crippen LogP contribution in [0.15, 0.2) is 12.4 Å². The maximum Gasteiger partial charge on any atom is 0.469 e. The van der Waals surface area contributed by atoms with Gasteiger partial charge in [0.1, 0.15) is 17.2 Å². The third kappa shape index (κ3) is 7.42. The van der Waals surface area contributed by atoms with Crippen molar-refractivity contribution >= 4 is 31.5 Å². The number of aromatic nitrogens is 4. The van der Waals surface area contributed by atoms with Gasteiger partial charge in [0.2, 0.25) is 5.95 Å². The van der Waals surface area contributed by atoms with Gasteiger partial charge in [-0.2, -0.15) is 4.98 Å². The Morgan fingerprint density at radius 1 is 1.23 bits per heavy atom. The number of nitrogens with one attached hydrogen (secondary N) is 1. The Bertz CT molecular complexity index is 1220. The summed E-state index contributed by atoms with van der Waals surface area (Å²) in [7, 11) is -4.99. The zero-order valence-corrected chi connectivity index (χ0v) is 21.3. The molecule has 1 amide bonds. The predicted molar refractivity (Wildman–Crippen MR) is 128 cm³/mol. The lowest BCUT2D eigenvalue weighted by atomic mass is 10.00. The van der Waals surface area contributed by atoms with Crippen molar-refractivity contribution < 1.29 is 46.3 Å². The third-order valence-electron chi connectivity index (χ3n) is 5.89. The molecule has 15 nitrogen and oxygen atoms in total. The lowest BCUT2D eigenvalue weighted by Gasteiger charge is -2.32. The number of carbonyl (C=O) groups is 1. The first-order valence-electron chi connectivity index (χ1n) is 11.6. The number of phosphoric ester groups is 1. The minimum absolute atomic E-state index is 0.0237. The zero-order valence-electron chi connectivity index (χ0n) is 20.4. The smallest absolute Gasteiger partial charge is 0.443 e. The Morgan fingerprint density at radius 2 is 1.97 bits per heavy atom. The molecule has 0 aromatic carbocycles. The molecule has 0 bridgehead atoms. The van der Waals surface area contributed by atoms with E-state index in [0.717, 1.165) is 4.90 Å². The van der Waals surface area contributed by atoms with Crippen LogP contribution in [0.3, 0.4) is 0 Å². The second-order valence-corrected chi connectivity index (χ2v) is 10.0. The van der Waals surface area contributed by atoms with E-state index in [1.54, 1.807) is 4.90 Å². The van der Waals surface area contributed by atoms with E-state index in [2.05, 4.69) is 30.0 Å². The summed E-state index contributed by atoms with van der Waals surface area (Å²) in [6.45, 7) is -0.691. The van der Waals surface area contributed by atoms with Gasteiger partial charge in [0.25, 0.3) is 6.43 Å². The summed E-state index contributed by atoms with van der Waals surface area (Å²) in [5.74, 6) is -1.15. The maximum absolute atomic E-state index is 15.9. The molecule has 4 rings (SSSR count). The molecule has 0 saturated carbocycles. The van der Waals surface area contributed by atoms with Crippen LogP contribution < -0.4 is 16.0 Å².